The van der Waals surface area contributed by atoms with Gasteiger partial charge < -0.3 is 15.8 Å². The van der Waals surface area contributed by atoms with E-state index in [1.165, 1.54) is 0 Å². The van der Waals surface area contributed by atoms with Crippen molar-refractivity contribution < 1.29 is 13.6 Å². The van der Waals surface area contributed by atoms with Crippen LogP contribution in [0.25, 0.3) is 0 Å². The van der Waals surface area contributed by atoms with Crippen LogP contribution in [0.4, 0.5) is 5.69 Å². The molecule has 1 fully saturated rings. The van der Waals surface area contributed by atoms with Crippen molar-refractivity contribution in [3.8, 4) is 0 Å². The minimum absolute atomic E-state index is 0.00638. The summed E-state index contributed by atoms with van der Waals surface area (Å²) in [4.78, 5) is 1.97. The second kappa shape index (κ2) is 5.61. The lowest BCUT2D eigenvalue weighted by Crippen LogP contribution is -2.47. The van der Waals surface area contributed by atoms with Gasteiger partial charge in [0.25, 0.3) is 0 Å². The van der Waals surface area contributed by atoms with Crippen LogP contribution in [0, 0.1) is 0 Å². The molecule has 1 atom stereocenters. The van der Waals surface area contributed by atoms with E-state index in [-0.39, 0.29) is 23.4 Å². The zero-order chi connectivity index (χ0) is 14.9. The molecule has 1 aliphatic rings. The number of nitrogens with two attached hydrogens (primary N) is 1. The Hall–Kier alpha value is -1.28. The fourth-order valence-corrected chi connectivity index (χ4v) is 4.53. The van der Waals surface area contributed by atoms with Crippen molar-refractivity contribution in [2.75, 3.05) is 23.0 Å². The third-order valence-electron chi connectivity index (χ3n) is 3.34. The molecule has 110 valence electrons. The summed E-state index contributed by atoms with van der Waals surface area (Å²) in [5, 5.41) is 12.0. The molecule has 1 unspecified atom stereocenters. The fraction of sp³-hybridized carbons (Fsp3) is 0.417. The fourth-order valence-electron chi connectivity index (χ4n) is 2.41. The number of hydrogen-bond acceptors (Lipinski definition) is 5. The van der Waals surface area contributed by atoms with Crippen LogP contribution in [-0.4, -0.2) is 43.6 Å². The zero-order valence-electron chi connectivity index (χ0n) is 11.0. The van der Waals surface area contributed by atoms with Crippen molar-refractivity contribution in [2.24, 2.45) is 10.9 Å². The molecule has 0 radical (unpaired) electrons. The number of anilines is 1. The van der Waals surface area contributed by atoms with Gasteiger partial charge in [0.05, 0.1) is 17.1 Å². The van der Waals surface area contributed by atoms with E-state index >= 15 is 0 Å². The number of sulfone groups is 1. The van der Waals surface area contributed by atoms with Crippen LogP contribution in [0.3, 0.4) is 0 Å². The first-order chi connectivity index (χ1) is 9.35. The van der Waals surface area contributed by atoms with Crippen LogP contribution < -0.4 is 10.6 Å². The normalized spacial score (nSPS) is 22.8. The van der Waals surface area contributed by atoms with Gasteiger partial charge >= 0.3 is 0 Å². The Balaban J connectivity index is 2.46. The van der Waals surface area contributed by atoms with Gasteiger partial charge in [-0.15, -0.1) is 0 Å². The second-order valence-corrected chi connectivity index (χ2v) is 7.86. The lowest BCUT2D eigenvalue weighted by atomic mass is 10.1. The summed E-state index contributed by atoms with van der Waals surface area (Å²) >= 11 is 3.38. The van der Waals surface area contributed by atoms with Crippen LogP contribution in [0.1, 0.15) is 12.5 Å². The molecule has 20 heavy (non-hydrogen) atoms. The Morgan fingerprint density at radius 3 is 2.85 bits per heavy atom. The molecule has 0 spiro atoms. The van der Waals surface area contributed by atoms with Crippen molar-refractivity contribution in [1.82, 2.24) is 0 Å². The average molecular weight is 362 g/mol. The molecule has 6 nitrogen and oxygen atoms in total. The summed E-state index contributed by atoms with van der Waals surface area (Å²) in [6, 6.07) is 5.31. The number of amidine groups is 1. The van der Waals surface area contributed by atoms with Gasteiger partial charge in [0.2, 0.25) is 0 Å². The third-order valence-corrected chi connectivity index (χ3v) is 5.79. The maximum absolute atomic E-state index is 11.7. The van der Waals surface area contributed by atoms with E-state index in [9.17, 15) is 8.42 Å². The Bertz CT molecular complexity index is 645. The Kier molecular flexibility index (Phi) is 4.24. The average Bonchev–Trinajstić information content (AvgIpc) is 2.36. The van der Waals surface area contributed by atoms with Crippen LogP contribution in [0.5, 0.6) is 0 Å². The minimum Gasteiger partial charge on any atom is -0.409 e. The number of hydrogen-bond donors (Lipinski definition) is 2. The van der Waals surface area contributed by atoms with E-state index in [1.54, 1.807) is 6.07 Å². The highest BCUT2D eigenvalue weighted by atomic mass is 79.9. The van der Waals surface area contributed by atoms with E-state index < -0.39 is 9.84 Å². The van der Waals surface area contributed by atoms with Gasteiger partial charge in [-0.05, 0) is 35.0 Å². The summed E-state index contributed by atoms with van der Waals surface area (Å²) in [5.41, 5.74) is 7.06. The molecule has 2 rings (SSSR count). The molecule has 0 bridgehead atoms. The highest BCUT2D eigenvalue weighted by Crippen LogP contribution is 2.30. The number of halogens is 1. The summed E-state index contributed by atoms with van der Waals surface area (Å²) in [6.45, 7) is 2.25. The van der Waals surface area contributed by atoms with Gasteiger partial charge in [-0.1, -0.05) is 11.2 Å². The SMILES string of the molecule is CC1CS(=O)(=O)CCN1c1cccc(Br)c1/C(N)=N/O. The molecule has 3 N–H and O–H groups in total. The van der Waals surface area contributed by atoms with Crippen molar-refractivity contribution in [3.05, 3.63) is 28.2 Å². The predicted octanol–water partition coefficient (Wildman–Crippen LogP) is 1.17. The first-order valence-electron chi connectivity index (χ1n) is 6.09. The lowest BCUT2D eigenvalue weighted by molar-refractivity contribution is 0.318. The summed E-state index contributed by atoms with van der Waals surface area (Å²) in [6.07, 6.45) is 0. The van der Waals surface area contributed by atoms with Crippen LogP contribution in [0.15, 0.2) is 27.8 Å². The predicted molar refractivity (Wildman–Crippen MR) is 82.1 cm³/mol. The summed E-state index contributed by atoms with van der Waals surface area (Å²) < 4.78 is 24.0. The third kappa shape index (κ3) is 2.90. The van der Waals surface area contributed by atoms with Gasteiger partial charge in [-0.2, -0.15) is 0 Å². The smallest absolute Gasteiger partial charge is 0.173 e. The molecule has 1 aromatic carbocycles. The Labute approximate surface area is 126 Å². The maximum Gasteiger partial charge on any atom is 0.173 e. The quantitative estimate of drug-likeness (QED) is 0.356. The summed E-state index contributed by atoms with van der Waals surface area (Å²) in [7, 11) is -2.99. The van der Waals surface area contributed by atoms with Gasteiger partial charge in [0, 0.05) is 22.7 Å². The van der Waals surface area contributed by atoms with Gasteiger partial charge in [-0.25, -0.2) is 8.42 Å². The van der Waals surface area contributed by atoms with Crippen LogP contribution in [0.2, 0.25) is 0 Å². The largest absolute Gasteiger partial charge is 0.409 e. The molecular formula is C12H16BrN3O3S. The molecule has 0 aliphatic carbocycles. The molecule has 0 aromatic heterocycles. The molecule has 1 heterocycles. The van der Waals surface area contributed by atoms with Crippen molar-refractivity contribution in [3.63, 3.8) is 0 Å². The second-order valence-electron chi connectivity index (χ2n) is 4.78. The number of benzene rings is 1. The highest BCUT2D eigenvalue weighted by Gasteiger charge is 2.30. The van der Waals surface area contributed by atoms with E-state index in [1.807, 2.05) is 24.0 Å². The number of oxime groups is 1. The Morgan fingerprint density at radius 1 is 1.55 bits per heavy atom. The van der Waals surface area contributed by atoms with Crippen molar-refractivity contribution in [1.29, 1.82) is 0 Å². The summed E-state index contributed by atoms with van der Waals surface area (Å²) in [5.74, 6) is 0.210. The van der Waals surface area contributed by atoms with Crippen molar-refractivity contribution in [2.45, 2.75) is 13.0 Å². The van der Waals surface area contributed by atoms with Gasteiger partial charge in [0.15, 0.2) is 15.7 Å². The topological polar surface area (TPSA) is 96.0 Å². The highest BCUT2D eigenvalue weighted by molar-refractivity contribution is 9.10. The molecule has 0 amide bonds. The standard InChI is InChI=1S/C12H16BrN3O3S/c1-8-7-20(18,19)6-5-16(8)10-4-2-3-9(13)11(10)12(14)15-17/h2-4,8,17H,5-7H2,1H3,(H2,14,15). The molecule has 1 aliphatic heterocycles. The van der Waals surface area contributed by atoms with E-state index in [4.69, 9.17) is 10.9 Å². The first kappa shape index (κ1) is 15.1. The molecule has 8 heteroatoms. The number of rotatable bonds is 2. The van der Waals surface area contributed by atoms with E-state index in [0.29, 0.717) is 16.6 Å². The number of nitrogens with zero attached hydrogens (tertiary/aromatic N) is 2. The van der Waals surface area contributed by atoms with Crippen molar-refractivity contribution >= 4 is 37.3 Å². The molecule has 0 saturated carbocycles. The first-order valence-corrected chi connectivity index (χ1v) is 8.70. The van der Waals surface area contributed by atoms with Crippen LogP contribution in [-0.2, 0) is 9.84 Å². The molecule has 1 saturated heterocycles. The molecular weight excluding hydrogens is 346 g/mol. The maximum atomic E-state index is 11.7. The minimum atomic E-state index is -2.99. The Morgan fingerprint density at radius 2 is 2.25 bits per heavy atom. The lowest BCUT2D eigenvalue weighted by Gasteiger charge is -2.36. The molecule has 1 aromatic rings. The van der Waals surface area contributed by atoms with E-state index in [0.717, 1.165) is 5.69 Å². The van der Waals surface area contributed by atoms with Gasteiger partial charge in [-0.3, -0.25) is 0 Å². The van der Waals surface area contributed by atoms with Gasteiger partial charge in [0.1, 0.15) is 0 Å². The van der Waals surface area contributed by atoms with Crippen LogP contribution >= 0.6 is 15.9 Å². The monoisotopic (exact) mass is 361 g/mol. The van der Waals surface area contributed by atoms with E-state index in [2.05, 4.69) is 21.1 Å². The zero-order valence-corrected chi connectivity index (χ0v) is 13.4.